The lowest BCUT2D eigenvalue weighted by molar-refractivity contribution is -0.131. The molecular formula is C24H27NO5. The van der Waals surface area contributed by atoms with E-state index in [1.807, 2.05) is 6.92 Å². The Hall–Kier alpha value is -2.86. The SMILES string of the molecule is C[C@H](NC(=O)[C@H]1CCCO1)[C@H](Oc1ccc(C(=O)O)cc1)c1ccc(C2CC2)cc1. The van der Waals surface area contributed by atoms with Crippen LogP contribution in [0.2, 0.25) is 0 Å². The quantitative estimate of drug-likeness (QED) is 0.687. The van der Waals surface area contributed by atoms with E-state index in [0.717, 1.165) is 18.4 Å². The van der Waals surface area contributed by atoms with Crippen LogP contribution in [-0.4, -0.2) is 35.7 Å². The molecule has 0 unspecified atom stereocenters. The minimum absolute atomic E-state index is 0.121. The van der Waals surface area contributed by atoms with Crippen molar-refractivity contribution >= 4 is 11.9 Å². The molecule has 6 heteroatoms. The summed E-state index contributed by atoms with van der Waals surface area (Å²) in [5.41, 5.74) is 2.49. The number of carbonyl (C=O) groups excluding carboxylic acids is 1. The summed E-state index contributed by atoms with van der Waals surface area (Å²) in [7, 11) is 0. The molecule has 1 amide bonds. The summed E-state index contributed by atoms with van der Waals surface area (Å²) in [6, 6.07) is 14.4. The van der Waals surface area contributed by atoms with E-state index in [0.29, 0.717) is 18.3 Å². The van der Waals surface area contributed by atoms with Gasteiger partial charge in [-0.2, -0.15) is 0 Å². The summed E-state index contributed by atoms with van der Waals surface area (Å²) < 4.78 is 11.7. The molecule has 0 aromatic heterocycles. The third-order valence-electron chi connectivity index (χ3n) is 5.72. The minimum Gasteiger partial charge on any atom is -0.484 e. The van der Waals surface area contributed by atoms with Crippen LogP contribution in [0, 0.1) is 0 Å². The number of carboxylic acid groups (broad SMARTS) is 1. The van der Waals surface area contributed by atoms with E-state index in [-0.39, 0.29) is 17.5 Å². The van der Waals surface area contributed by atoms with E-state index in [2.05, 4.69) is 29.6 Å². The minimum atomic E-state index is -0.981. The van der Waals surface area contributed by atoms with Crippen molar-refractivity contribution in [2.75, 3.05) is 6.61 Å². The van der Waals surface area contributed by atoms with Crippen LogP contribution in [0.1, 0.15) is 66.1 Å². The van der Waals surface area contributed by atoms with Crippen LogP contribution in [-0.2, 0) is 9.53 Å². The molecule has 2 aliphatic rings. The van der Waals surface area contributed by atoms with Crippen molar-refractivity contribution in [3.63, 3.8) is 0 Å². The Balaban J connectivity index is 1.53. The van der Waals surface area contributed by atoms with E-state index < -0.39 is 18.2 Å². The molecule has 2 aromatic carbocycles. The van der Waals surface area contributed by atoms with Crippen molar-refractivity contribution in [2.24, 2.45) is 0 Å². The fourth-order valence-electron chi connectivity index (χ4n) is 3.83. The molecule has 3 atom stereocenters. The van der Waals surface area contributed by atoms with Gasteiger partial charge in [0.25, 0.3) is 0 Å². The van der Waals surface area contributed by atoms with Crippen molar-refractivity contribution in [3.8, 4) is 5.75 Å². The summed E-state index contributed by atoms with van der Waals surface area (Å²) in [6.07, 6.45) is 3.29. The lowest BCUT2D eigenvalue weighted by atomic mass is 10.00. The molecule has 1 heterocycles. The number of nitrogens with one attached hydrogen (secondary N) is 1. The Morgan fingerprint density at radius 3 is 2.33 bits per heavy atom. The molecule has 2 aromatic rings. The lowest BCUT2D eigenvalue weighted by Crippen LogP contribution is -2.44. The molecule has 2 N–H and O–H groups in total. The normalized spacial score (nSPS) is 20.4. The van der Waals surface area contributed by atoms with Crippen molar-refractivity contribution in [1.29, 1.82) is 0 Å². The first kappa shape index (κ1) is 20.4. The fraction of sp³-hybridized carbons (Fsp3) is 0.417. The molecule has 158 valence electrons. The van der Waals surface area contributed by atoms with Gasteiger partial charge >= 0.3 is 5.97 Å². The number of carbonyl (C=O) groups is 2. The molecule has 0 bridgehead atoms. The van der Waals surface area contributed by atoms with Gasteiger partial charge in [0.05, 0.1) is 11.6 Å². The maximum atomic E-state index is 12.6. The molecule has 4 rings (SSSR count). The maximum absolute atomic E-state index is 12.6. The van der Waals surface area contributed by atoms with E-state index in [1.54, 1.807) is 12.1 Å². The molecule has 1 saturated carbocycles. The van der Waals surface area contributed by atoms with Crippen molar-refractivity contribution in [3.05, 3.63) is 65.2 Å². The molecule has 0 radical (unpaired) electrons. The number of benzene rings is 2. The van der Waals surface area contributed by atoms with Gasteiger partial charge in [0.15, 0.2) is 0 Å². The molecule has 2 fully saturated rings. The van der Waals surface area contributed by atoms with Gasteiger partial charge in [0.1, 0.15) is 18.0 Å². The number of aromatic carboxylic acids is 1. The van der Waals surface area contributed by atoms with Gasteiger partial charge in [0, 0.05) is 6.61 Å². The molecule has 1 saturated heterocycles. The molecular weight excluding hydrogens is 382 g/mol. The van der Waals surface area contributed by atoms with Crippen LogP contribution < -0.4 is 10.1 Å². The van der Waals surface area contributed by atoms with Crippen LogP contribution in [0.15, 0.2) is 48.5 Å². The van der Waals surface area contributed by atoms with Crippen molar-refractivity contribution in [1.82, 2.24) is 5.32 Å². The Morgan fingerprint density at radius 1 is 1.07 bits per heavy atom. The molecule has 30 heavy (non-hydrogen) atoms. The first-order valence-corrected chi connectivity index (χ1v) is 10.5. The summed E-state index contributed by atoms with van der Waals surface area (Å²) in [5.74, 6) is 0.114. The van der Waals surface area contributed by atoms with Crippen molar-refractivity contribution < 1.29 is 24.2 Å². The number of carboxylic acids is 1. The van der Waals surface area contributed by atoms with Gasteiger partial charge in [-0.3, -0.25) is 4.79 Å². The second kappa shape index (κ2) is 8.88. The zero-order valence-electron chi connectivity index (χ0n) is 17.0. The highest BCUT2D eigenvalue weighted by molar-refractivity contribution is 5.87. The maximum Gasteiger partial charge on any atom is 0.335 e. The number of rotatable bonds is 8. The zero-order chi connectivity index (χ0) is 21.1. The van der Waals surface area contributed by atoms with Crippen LogP contribution in [0.25, 0.3) is 0 Å². The Morgan fingerprint density at radius 2 is 1.77 bits per heavy atom. The monoisotopic (exact) mass is 409 g/mol. The number of amides is 1. The molecule has 6 nitrogen and oxygen atoms in total. The number of hydrogen-bond donors (Lipinski definition) is 2. The first-order valence-electron chi connectivity index (χ1n) is 10.5. The second-order valence-corrected chi connectivity index (χ2v) is 8.11. The van der Waals surface area contributed by atoms with Gasteiger partial charge in [-0.25, -0.2) is 4.79 Å². The topological polar surface area (TPSA) is 84.9 Å². The largest absolute Gasteiger partial charge is 0.484 e. The predicted molar refractivity (Wildman–Crippen MR) is 112 cm³/mol. The van der Waals surface area contributed by atoms with Crippen LogP contribution >= 0.6 is 0 Å². The van der Waals surface area contributed by atoms with Gasteiger partial charge in [-0.15, -0.1) is 0 Å². The van der Waals surface area contributed by atoms with Gasteiger partial charge in [0.2, 0.25) is 5.91 Å². The number of hydrogen-bond acceptors (Lipinski definition) is 4. The van der Waals surface area contributed by atoms with Gasteiger partial charge in [-0.1, -0.05) is 24.3 Å². The Labute approximate surface area is 176 Å². The molecule has 1 aliphatic heterocycles. The number of ether oxygens (including phenoxy) is 2. The first-order chi connectivity index (χ1) is 14.5. The second-order valence-electron chi connectivity index (χ2n) is 8.11. The standard InChI is InChI=1S/C24H27NO5/c1-15(25-23(26)21-3-2-14-29-21)22(18-8-6-17(7-9-18)16-4-5-16)30-20-12-10-19(11-13-20)24(27)28/h6-13,15-16,21-22H,2-5,14H2,1H3,(H,25,26)(H,27,28)/t15-,21+,22-/m0/s1. The van der Waals surface area contributed by atoms with Crippen LogP contribution in [0.4, 0.5) is 0 Å². The van der Waals surface area contributed by atoms with Crippen LogP contribution in [0.3, 0.4) is 0 Å². The third kappa shape index (κ3) is 4.82. The summed E-state index contributed by atoms with van der Waals surface area (Å²) in [4.78, 5) is 23.7. The summed E-state index contributed by atoms with van der Waals surface area (Å²) in [6.45, 7) is 2.53. The average molecular weight is 409 g/mol. The third-order valence-corrected chi connectivity index (χ3v) is 5.72. The summed E-state index contributed by atoms with van der Waals surface area (Å²) in [5, 5.41) is 12.1. The Kier molecular flexibility index (Phi) is 6.04. The highest BCUT2D eigenvalue weighted by Gasteiger charge is 2.29. The average Bonchev–Trinajstić information content (AvgIpc) is 3.45. The van der Waals surface area contributed by atoms with Gasteiger partial charge < -0.3 is 19.9 Å². The molecule has 1 aliphatic carbocycles. The lowest BCUT2D eigenvalue weighted by Gasteiger charge is -2.27. The smallest absolute Gasteiger partial charge is 0.335 e. The highest BCUT2D eigenvalue weighted by Crippen LogP contribution is 2.40. The van der Waals surface area contributed by atoms with E-state index >= 15 is 0 Å². The molecule has 0 spiro atoms. The van der Waals surface area contributed by atoms with Crippen molar-refractivity contribution in [2.45, 2.75) is 56.8 Å². The van der Waals surface area contributed by atoms with E-state index in [1.165, 1.54) is 30.5 Å². The van der Waals surface area contributed by atoms with Crippen LogP contribution in [0.5, 0.6) is 5.75 Å². The Bertz CT molecular complexity index is 883. The van der Waals surface area contributed by atoms with Gasteiger partial charge in [-0.05, 0) is 73.9 Å². The highest BCUT2D eigenvalue weighted by atomic mass is 16.5. The zero-order valence-corrected chi connectivity index (χ0v) is 17.0. The summed E-state index contributed by atoms with van der Waals surface area (Å²) >= 11 is 0. The van der Waals surface area contributed by atoms with E-state index in [9.17, 15) is 9.59 Å². The predicted octanol–water partition coefficient (Wildman–Crippen LogP) is 4.07. The van der Waals surface area contributed by atoms with E-state index in [4.69, 9.17) is 14.6 Å². The fourth-order valence-corrected chi connectivity index (χ4v) is 3.83.